The molecule has 0 spiro atoms. The number of hydrogen-bond acceptors (Lipinski definition) is 1. The van der Waals surface area contributed by atoms with Gasteiger partial charge in [0.1, 0.15) is 0 Å². The van der Waals surface area contributed by atoms with Crippen molar-refractivity contribution in [2.24, 2.45) is 17.8 Å². The lowest BCUT2D eigenvalue weighted by Crippen LogP contribution is -2.25. The van der Waals surface area contributed by atoms with E-state index >= 15 is 0 Å². The third-order valence-electron chi connectivity index (χ3n) is 6.42. The normalized spacial score (nSPS) is 29.4. The molecule has 0 amide bonds. The Morgan fingerprint density at radius 1 is 0.889 bits per heavy atom. The van der Waals surface area contributed by atoms with Gasteiger partial charge in [0.15, 0.2) is 17.4 Å². The maximum Gasteiger partial charge on any atom is 0.387 e. The van der Waals surface area contributed by atoms with Gasteiger partial charge in [0.25, 0.3) is 0 Å². The van der Waals surface area contributed by atoms with Gasteiger partial charge < -0.3 is 4.74 Å². The monoisotopic (exact) mass is 384 g/mol. The summed E-state index contributed by atoms with van der Waals surface area (Å²) in [6.07, 6.45) is 13.5. The summed E-state index contributed by atoms with van der Waals surface area (Å²) in [6, 6.07) is 2.32. The molecular formula is C22H28F4O. The van der Waals surface area contributed by atoms with Crippen LogP contribution in [0.2, 0.25) is 0 Å². The SMILES string of the molecule is CC=CC1CCC(C2CCC(c3cc(F)c(OC(F)F)c(F)c3)CC2)CC1. The van der Waals surface area contributed by atoms with Crippen molar-refractivity contribution < 1.29 is 22.3 Å². The topological polar surface area (TPSA) is 9.23 Å². The Morgan fingerprint density at radius 3 is 1.89 bits per heavy atom. The molecule has 0 unspecified atom stereocenters. The molecule has 0 heterocycles. The van der Waals surface area contributed by atoms with Gasteiger partial charge in [-0.15, -0.1) is 0 Å². The molecular weight excluding hydrogens is 356 g/mol. The molecule has 2 fully saturated rings. The number of alkyl halides is 2. The van der Waals surface area contributed by atoms with E-state index < -0.39 is 24.0 Å². The van der Waals surface area contributed by atoms with Crippen LogP contribution in [-0.4, -0.2) is 6.61 Å². The smallest absolute Gasteiger partial charge is 0.387 e. The van der Waals surface area contributed by atoms with Gasteiger partial charge in [-0.3, -0.25) is 0 Å². The maximum absolute atomic E-state index is 14.0. The highest BCUT2D eigenvalue weighted by Crippen LogP contribution is 2.44. The summed E-state index contributed by atoms with van der Waals surface area (Å²) in [5.41, 5.74) is 0.557. The quantitative estimate of drug-likeness (QED) is 0.384. The average molecular weight is 384 g/mol. The Hall–Kier alpha value is -1.52. The highest BCUT2D eigenvalue weighted by atomic mass is 19.3. The first kappa shape index (κ1) is 20.2. The van der Waals surface area contributed by atoms with Crippen LogP contribution in [0.1, 0.15) is 69.8 Å². The van der Waals surface area contributed by atoms with Crippen molar-refractivity contribution >= 4 is 0 Å². The van der Waals surface area contributed by atoms with Gasteiger partial charge in [-0.1, -0.05) is 12.2 Å². The molecule has 1 nitrogen and oxygen atoms in total. The van der Waals surface area contributed by atoms with Crippen LogP contribution in [0.15, 0.2) is 24.3 Å². The molecule has 2 saturated carbocycles. The molecule has 1 aromatic carbocycles. The Morgan fingerprint density at radius 2 is 1.41 bits per heavy atom. The van der Waals surface area contributed by atoms with Crippen LogP contribution in [0.4, 0.5) is 17.6 Å². The number of rotatable bonds is 5. The lowest BCUT2D eigenvalue weighted by Gasteiger charge is -2.37. The number of benzene rings is 1. The molecule has 2 aliphatic carbocycles. The second-order valence-corrected chi connectivity index (χ2v) is 8.00. The molecule has 27 heavy (non-hydrogen) atoms. The van der Waals surface area contributed by atoms with E-state index in [1.807, 2.05) is 0 Å². The molecule has 0 radical (unpaired) electrons. The summed E-state index contributed by atoms with van der Waals surface area (Å²) < 4.78 is 56.5. The minimum absolute atomic E-state index is 0.0882. The second-order valence-electron chi connectivity index (χ2n) is 8.00. The van der Waals surface area contributed by atoms with Crippen LogP contribution in [0.25, 0.3) is 0 Å². The lowest BCUT2D eigenvalue weighted by atomic mass is 9.68. The summed E-state index contributed by atoms with van der Waals surface area (Å²) in [5.74, 6) is -0.802. The van der Waals surface area contributed by atoms with Crippen LogP contribution in [-0.2, 0) is 0 Å². The Kier molecular flexibility index (Phi) is 6.83. The van der Waals surface area contributed by atoms with E-state index in [0.29, 0.717) is 11.5 Å². The van der Waals surface area contributed by atoms with Crippen molar-refractivity contribution in [1.82, 2.24) is 0 Å². The van der Waals surface area contributed by atoms with Crippen LogP contribution in [0.3, 0.4) is 0 Å². The molecule has 0 atom stereocenters. The molecule has 0 bridgehead atoms. The predicted molar refractivity (Wildman–Crippen MR) is 98.0 cm³/mol. The van der Waals surface area contributed by atoms with E-state index in [2.05, 4.69) is 23.8 Å². The fourth-order valence-electron chi connectivity index (χ4n) is 5.02. The fourth-order valence-corrected chi connectivity index (χ4v) is 5.02. The molecule has 0 N–H and O–H groups in total. The van der Waals surface area contributed by atoms with E-state index in [1.165, 1.54) is 25.7 Å². The first-order valence-electron chi connectivity index (χ1n) is 10.0. The predicted octanol–water partition coefficient (Wildman–Crippen LogP) is 7.22. The summed E-state index contributed by atoms with van der Waals surface area (Å²) in [7, 11) is 0. The van der Waals surface area contributed by atoms with Crippen molar-refractivity contribution in [2.75, 3.05) is 0 Å². The zero-order valence-corrected chi connectivity index (χ0v) is 15.8. The van der Waals surface area contributed by atoms with E-state index in [9.17, 15) is 17.6 Å². The second kappa shape index (κ2) is 9.11. The third-order valence-corrected chi connectivity index (χ3v) is 6.42. The van der Waals surface area contributed by atoms with Crippen molar-refractivity contribution in [1.29, 1.82) is 0 Å². The van der Waals surface area contributed by atoms with Gasteiger partial charge in [-0.05, 0) is 99.7 Å². The fraction of sp³-hybridized carbons (Fsp3) is 0.636. The third kappa shape index (κ3) is 5.05. The zero-order valence-electron chi connectivity index (χ0n) is 15.8. The first-order valence-corrected chi connectivity index (χ1v) is 10.0. The van der Waals surface area contributed by atoms with Gasteiger partial charge in [0.05, 0.1) is 0 Å². The van der Waals surface area contributed by atoms with E-state index in [0.717, 1.165) is 49.7 Å². The average Bonchev–Trinajstić information content (AvgIpc) is 2.65. The lowest BCUT2D eigenvalue weighted by molar-refractivity contribution is -0.0546. The molecule has 1 aromatic rings. The Balaban J connectivity index is 1.56. The minimum atomic E-state index is -3.24. The highest BCUT2D eigenvalue weighted by Gasteiger charge is 2.31. The number of ether oxygens (including phenoxy) is 1. The molecule has 2 aliphatic rings. The Bertz CT molecular complexity index is 619. The number of halogens is 4. The summed E-state index contributed by atoms with van der Waals surface area (Å²) in [4.78, 5) is 0. The molecule has 5 heteroatoms. The van der Waals surface area contributed by atoms with Gasteiger partial charge in [0, 0.05) is 0 Å². The zero-order chi connectivity index (χ0) is 19.4. The molecule has 3 rings (SSSR count). The van der Waals surface area contributed by atoms with Crippen molar-refractivity contribution in [3.05, 3.63) is 41.5 Å². The molecule has 0 aromatic heterocycles. The summed E-state index contributed by atoms with van der Waals surface area (Å²) >= 11 is 0. The number of allylic oxidation sites excluding steroid dienone is 2. The van der Waals surface area contributed by atoms with Gasteiger partial charge in [-0.2, -0.15) is 8.78 Å². The van der Waals surface area contributed by atoms with Gasteiger partial charge in [0.2, 0.25) is 0 Å². The van der Waals surface area contributed by atoms with Crippen LogP contribution >= 0.6 is 0 Å². The maximum atomic E-state index is 14.0. The summed E-state index contributed by atoms with van der Waals surface area (Å²) in [5, 5.41) is 0. The standard InChI is InChI=1S/C22H28F4O/c1-2-3-14-4-6-15(7-5-14)16-8-10-17(11-9-16)18-12-19(23)21(20(24)13-18)27-22(25)26/h2-3,12-17,22H,4-11H2,1H3. The van der Waals surface area contributed by atoms with E-state index in [-0.39, 0.29) is 5.92 Å². The van der Waals surface area contributed by atoms with Crippen molar-refractivity contribution in [3.8, 4) is 5.75 Å². The van der Waals surface area contributed by atoms with Gasteiger partial charge >= 0.3 is 6.61 Å². The number of hydrogen-bond donors (Lipinski definition) is 0. The highest BCUT2D eigenvalue weighted by molar-refractivity contribution is 5.33. The Labute approximate surface area is 158 Å². The van der Waals surface area contributed by atoms with Crippen LogP contribution < -0.4 is 4.74 Å². The largest absolute Gasteiger partial charge is 0.429 e. The molecule has 150 valence electrons. The van der Waals surface area contributed by atoms with E-state index in [4.69, 9.17) is 0 Å². The van der Waals surface area contributed by atoms with Crippen molar-refractivity contribution in [3.63, 3.8) is 0 Å². The van der Waals surface area contributed by atoms with Crippen LogP contribution in [0.5, 0.6) is 5.75 Å². The molecule has 0 aliphatic heterocycles. The summed E-state index contributed by atoms with van der Waals surface area (Å²) in [6.45, 7) is -1.16. The van der Waals surface area contributed by atoms with Crippen molar-refractivity contribution in [2.45, 2.75) is 70.8 Å². The van der Waals surface area contributed by atoms with Gasteiger partial charge in [-0.25, -0.2) is 8.78 Å². The minimum Gasteiger partial charge on any atom is -0.429 e. The van der Waals surface area contributed by atoms with Crippen LogP contribution in [0, 0.1) is 29.4 Å². The first-order chi connectivity index (χ1) is 13.0. The van der Waals surface area contributed by atoms with E-state index in [1.54, 1.807) is 0 Å². The molecule has 0 saturated heterocycles.